The van der Waals surface area contributed by atoms with Crippen molar-refractivity contribution in [3.8, 4) is 0 Å². The molecule has 1 aromatic carbocycles. The Kier molecular flexibility index (Phi) is 2.62. The van der Waals surface area contributed by atoms with Gasteiger partial charge in [-0.25, -0.2) is 4.86 Å². The third kappa shape index (κ3) is 2.03. The highest BCUT2D eigenvalue weighted by Crippen LogP contribution is 1.94. The van der Waals surface area contributed by atoms with Crippen molar-refractivity contribution < 1.29 is 14.4 Å². The van der Waals surface area contributed by atoms with Gasteiger partial charge in [-0.15, -0.1) is 0 Å². The Bertz CT molecular complexity index is 224. The highest BCUT2D eigenvalue weighted by Gasteiger charge is 2.16. The van der Waals surface area contributed by atoms with Crippen molar-refractivity contribution in [2.75, 3.05) is 0 Å². The molecule has 1 aromatic rings. The van der Waals surface area contributed by atoms with E-state index in [1.54, 1.807) is 24.3 Å². The molecule has 0 spiro atoms. The Labute approximate surface area is 64.7 Å². The number of hydrogen-bond donors (Lipinski definition) is 1. The van der Waals surface area contributed by atoms with Gasteiger partial charge in [0.05, 0.1) is 0 Å². The molecule has 58 valence electrons. The van der Waals surface area contributed by atoms with Gasteiger partial charge < -0.3 is 5.02 Å². The molecule has 0 atom stereocenters. The summed E-state index contributed by atoms with van der Waals surface area (Å²) in [4.78, 5) is 3.23. The predicted octanol–water partition coefficient (Wildman–Crippen LogP) is 0.584. The van der Waals surface area contributed by atoms with Crippen molar-refractivity contribution in [3.63, 3.8) is 0 Å². The molecule has 2 nitrogen and oxygen atoms in total. The molecule has 0 aliphatic heterocycles. The van der Waals surface area contributed by atoms with Crippen molar-refractivity contribution in [2.45, 2.75) is 6.92 Å². The zero-order valence-electron chi connectivity index (χ0n) is 6.12. The first-order chi connectivity index (χ1) is 5.24. The first-order valence-electron chi connectivity index (χ1n) is 3.26. The van der Waals surface area contributed by atoms with Crippen LogP contribution >= 0.6 is 0 Å². The van der Waals surface area contributed by atoms with Gasteiger partial charge in [0.2, 0.25) is 0 Å². The van der Waals surface area contributed by atoms with E-state index in [-0.39, 0.29) is 0 Å². The van der Waals surface area contributed by atoms with Crippen LogP contribution in [0.2, 0.25) is 0 Å². The Morgan fingerprint density at radius 2 is 1.91 bits per heavy atom. The maximum atomic E-state index is 11.4. The van der Waals surface area contributed by atoms with Crippen molar-refractivity contribution >= 4 is 12.6 Å². The maximum absolute atomic E-state index is 11.4. The average molecular weight is 154 g/mol. The van der Waals surface area contributed by atoms with Crippen LogP contribution in [0.4, 0.5) is 4.53 Å². The predicted molar refractivity (Wildman–Crippen MR) is 41.0 cm³/mol. The zero-order chi connectivity index (χ0) is 8.27. The molecule has 1 N–H and O–H groups in total. The Hall–Kier alpha value is -0.865. The molecule has 0 bridgehead atoms. The van der Waals surface area contributed by atoms with Crippen LogP contribution in [0.15, 0.2) is 24.3 Å². The van der Waals surface area contributed by atoms with E-state index in [4.69, 9.17) is 5.02 Å². The molecule has 0 saturated heterocycles. The van der Waals surface area contributed by atoms with E-state index < -0.39 is 7.12 Å². The molecule has 1 rings (SSSR count). The fraction of sp³-hybridized carbons (Fsp3) is 0.143. The smallest absolute Gasteiger partial charge is 0.421 e. The molecular weight excluding hydrogens is 146 g/mol. The fourth-order valence-corrected chi connectivity index (χ4v) is 0.783. The second-order valence-corrected chi connectivity index (χ2v) is 2.35. The van der Waals surface area contributed by atoms with Gasteiger partial charge in [0.1, 0.15) is 0 Å². The summed E-state index contributed by atoms with van der Waals surface area (Å²) in [5.41, 5.74) is 1.47. The minimum Gasteiger partial charge on any atom is -0.421 e. The van der Waals surface area contributed by atoms with E-state index >= 15 is 0 Å². The van der Waals surface area contributed by atoms with Crippen LogP contribution in [0.5, 0.6) is 0 Å². The van der Waals surface area contributed by atoms with Crippen molar-refractivity contribution in [3.05, 3.63) is 29.8 Å². The van der Waals surface area contributed by atoms with Crippen LogP contribution in [0.25, 0.3) is 0 Å². The lowest BCUT2D eigenvalue weighted by Crippen LogP contribution is -2.30. The van der Waals surface area contributed by atoms with Crippen LogP contribution in [0.1, 0.15) is 5.56 Å². The summed E-state index contributed by atoms with van der Waals surface area (Å²) >= 11 is 0. The Morgan fingerprint density at radius 3 is 2.36 bits per heavy atom. The lowest BCUT2D eigenvalue weighted by molar-refractivity contribution is -0.0267. The van der Waals surface area contributed by atoms with E-state index in [9.17, 15) is 4.53 Å². The second kappa shape index (κ2) is 3.50. The molecule has 0 aliphatic rings. The summed E-state index contributed by atoms with van der Waals surface area (Å²) < 4.78 is 11.4. The summed E-state index contributed by atoms with van der Waals surface area (Å²) in [5, 5.41) is 8.82. The first kappa shape index (κ1) is 8.23. The van der Waals surface area contributed by atoms with E-state index in [1.807, 2.05) is 6.92 Å². The largest absolute Gasteiger partial charge is 0.529 e. The standard InChI is InChI=1S/C7H8BFO2/c1-6-2-4-7(5-3-6)8(10)11-9/h2-5,10H,1H3. The SMILES string of the molecule is Cc1ccc(B(O)OF)cc1. The topological polar surface area (TPSA) is 29.5 Å². The molecule has 0 aliphatic carbocycles. The van der Waals surface area contributed by atoms with E-state index in [2.05, 4.69) is 4.86 Å². The quantitative estimate of drug-likeness (QED) is 0.631. The third-order valence-corrected chi connectivity index (χ3v) is 1.45. The fourth-order valence-electron chi connectivity index (χ4n) is 0.783. The highest BCUT2D eigenvalue weighted by molar-refractivity contribution is 6.59. The molecule has 0 radical (unpaired) electrons. The molecule has 0 unspecified atom stereocenters. The van der Waals surface area contributed by atoms with E-state index in [1.165, 1.54) is 0 Å². The molecule has 0 saturated carbocycles. The van der Waals surface area contributed by atoms with Crippen molar-refractivity contribution in [2.24, 2.45) is 0 Å². The Balaban J connectivity index is 2.81. The summed E-state index contributed by atoms with van der Waals surface area (Å²) in [6.45, 7) is 1.91. The summed E-state index contributed by atoms with van der Waals surface area (Å²) in [5.74, 6) is 0. The van der Waals surface area contributed by atoms with Gasteiger partial charge in [-0.05, 0) is 12.4 Å². The maximum Gasteiger partial charge on any atom is 0.529 e. The van der Waals surface area contributed by atoms with Crippen LogP contribution < -0.4 is 5.46 Å². The lowest BCUT2D eigenvalue weighted by atomic mass is 9.80. The minimum atomic E-state index is -1.46. The van der Waals surface area contributed by atoms with Crippen LogP contribution in [0.3, 0.4) is 0 Å². The molecule has 0 heterocycles. The number of rotatable bonds is 2. The summed E-state index contributed by atoms with van der Waals surface area (Å²) in [6, 6.07) is 6.77. The molecule has 11 heavy (non-hydrogen) atoms. The normalized spacial score (nSPS) is 9.73. The highest BCUT2D eigenvalue weighted by atomic mass is 19.3. The van der Waals surface area contributed by atoms with Gasteiger partial charge in [-0.2, -0.15) is 0 Å². The van der Waals surface area contributed by atoms with Gasteiger partial charge in [0.25, 0.3) is 0 Å². The van der Waals surface area contributed by atoms with E-state index in [0.29, 0.717) is 5.46 Å². The van der Waals surface area contributed by atoms with Gasteiger partial charge >= 0.3 is 7.12 Å². The monoisotopic (exact) mass is 154 g/mol. The molecule has 0 fully saturated rings. The number of hydrogen-bond acceptors (Lipinski definition) is 2. The average Bonchev–Trinajstić information content (AvgIpc) is 2.05. The van der Waals surface area contributed by atoms with Crippen molar-refractivity contribution in [1.82, 2.24) is 0 Å². The summed E-state index contributed by atoms with van der Waals surface area (Å²) in [7, 11) is -1.46. The Morgan fingerprint density at radius 1 is 1.36 bits per heavy atom. The second-order valence-electron chi connectivity index (χ2n) is 2.35. The van der Waals surface area contributed by atoms with Crippen molar-refractivity contribution in [1.29, 1.82) is 0 Å². The molecule has 0 aromatic heterocycles. The third-order valence-electron chi connectivity index (χ3n) is 1.45. The van der Waals surface area contributed by atoms with Crippen LogP contribution in [-0.4, -0.2) is 12.1 Å². The van der Waals surface area contributed by atoms with Crippen LogP contribution in [0, 0.1) is 6.92 Å². The lowest BCUT2D eigenvalue weighted by Gasteiger charge is -1.99. The molecule has 0 amide bonds. The molecule has 4 heteroatoms. The molecular formula is C7H8BFO2. The van der Waals surface area contributed by atoms with Gasteiger partial charge in [-0.3, -0.25) is 0 Å². The van der Waals surface area contributed by atoms with E-state index in [0.717, 1.165) is 5.56 Å². The number of benzene rings is 1. The first-order valence-corrected chi connectivity index (χ1v) is 3.26. The zero-order valence-corrected chi connectivity index (χ0v) is 6.12. The van der Waals surface area contributed by atoms with Gasteiger partial charge in [-0.1, -0.05) is 34.4 Å². The van der Waals surface area contributed by atoms with Gasteiger partial charge in [0, 0.05) is 0 Å². The number of halogens is 1. The minimum absolute atomic E-state index is 0.415. The van der Waals surface area contributed by atoms with Crippen LogP contribution in [-0.2, 0) is 4.86 Å². The summed E-state index contributed by atoms with van der Waals surface area (Å²) in [6.07, 6.45) is 0. The number of aryl methyl sites for hydroxylation is 1. The van der Waals surface area contributed by atoms with Gasteiger partial charge in [0.15, 0.2) is 0 Å².